The lowest BCUT2D eigenvalue weighted by molar-refractivity contribution is -0.139. The summed E-state index contributed by atoms with van der Waals surface area (Å²) in [5.41, 5.74) is 0. The Morgan fingerprint density at radius 1 is 1.33 bits per heavy atom. The van der Waals surface area contributed by atoms with Gasteiger partial charge in [0.15, 0.2) is 0 Å². The number of carbonyl (C=O) groups is 2. The highest BCUT2D eigenvalue weighted by Gasteiger charge is 2.35. The van der Waals surface area contributed by atoms with Gasteiger partial charge in [0.05, 0.1) is 11.8 Å². The van der Waals surface area contributed by atoms with Gasteiger partial charge in [-0.2, -0.15) is 0 Å². The minimum Gasteiger partial charge on any atom is -0.359 e. The van der Waals surface area contributed by atoms with Crippen LogP contribution in [0.5, 0.6) is 0 Å². The summed E-state index contributed by atoms with van der Waals surface area (Å²) in [4.78, 5) is 26.0. The van der Waals surface area contributed by atoms with Crippen molar-refractivity contribution in [1.29, 1.82) is 0 Å². The van der Waals surface area contributed by atoms with E-state index < -0.39 is 0 Å². The van der Waals surface area contributed by atoms with Crippen molar-refractivity contribution in [3.63, 3.8) is 0 Å². The summed E-state index contributed by atoms with van der Waals surface area (Å²) in [7, 11) is 1.66. The normalized spacial score (nSPS) is 32.3. The molecule has 102 valence electrons. The van der Waals surface area contributed by atoms with E-state index in [2.05, 4.69) is 17.6 Å². The Morgan fingerprint density at radius 3 is 2.72 bits per heavy atom. The molecule has 3 unspecified atom stereocenters. The number of rotatable bonds is 2. The molecule has 2 fully saturated rings. The van der Waals surface area contributed by atoms with Crippen molar-refractivity contribution in [2.45, 2.75) is 32.2 Å². The van der Waals surface area contributed by atoms with Crippen molar-refractivity contribution in [1.82, 2.24) is 15.5 Å². The van der Waals surface area contributed by atoms with Crippen molar-refractivity contribution in [2.24, 2.45) is 11.8 Å². The second kappa shape index (κ2) is 5.69. The van der Waals surface area contributed by atoms with Crippen LogP contribution >= 0.6 is 0 Å². The average molecular weight is 253 g/mol. The van der Waals surface area contributed by atoms with Gasteiger partial charge >= 0.3 is 0 Å². The summed E-state index contributed by atoms with van der Waals surface area (Å²) in [6.07, 6.45) is 2.74. The van der Waals surface area contributed by atoms with Crippen LogP contribution in [0.15, 0.2) is 0 Å². The second-order valence-electron chi connectivity index (χ2n) is 5.38. The molecule has 2 rings (SSSR count). The maximum Gasteiger partial charge on any atom is 0.227 e. The molecule has 5 heteroatoms. The number of nitrogens with one attached hydrogen (secondary N) is 2. The van der Waals surface area contributed by atoms with Gasteiger partial charge in [0.2, 0.25) is 11.8 Å². The molecule has 0 aliphatic carbocycles. The topological polar surface area (TPSA) is 61.4 Å². The molecule has 0 aromatic heterocycles. The third-order valence-corrected chi connectivity index (χ3v) is 4.19. The first kappa shape index (κ1) is 13.3. The molecule has 0 saturated carbocycles. The van der Waals surface area contributed by atoms with Crippen molar-refractivity contribution in [3.05, 3.63) is 0 Å². The maximum absolute atomic E-state index is 12.4. The smallest absolute Gasteiger partial charge is 0.227 e. The minimum absolute atomic E-state index is 0.0302. The molecule has 2 aliphatic heterocycles. The summed E-state index contributed by atoms with van der Waals surface area (Å²) in [5.74, 6) is 0.344. The molecule has 0 spiro atoms. The van der Waals surface area contributed by atoms with Crippen LogP contribution in [0.2, 0.25) is 0 Å². The van der Waals surface area contributed by atoms with Gasteiger partial charge in [0.1, 0.15) is 0 Å². The fourth-order valence-corrected chi connectivity index (χ4v) is 3.03. The van der Waals surface area contributed by atoms with Gasteiger partial charge in [-0.15, -0.1) is 0 Å². The molecule has 0 aromatic carbocycles. The number of piperidine rings is 1. The summed E-state index contributed by atoms with van der Waals surface area (Å²) >= 11 is 0. The summed E-state index contributed by atoms with van der Waals surface area (Å²) in [6.45, 7) is 4.37. The van der Waals surface area contributed by atoms with Crippen molar-refractivity contribution < 1.29 is 9.59 Å². The summed E-state index contributed by atoms with van der Waals surface area (Å²) in [5, 5.41) is 5.99. The molecule has 2 saturated heterocycles. The fourth-order valence-electron chi connectivity index (χ4n) is 3.03. The van der Waals surface area contributed by atoms with E-state index >= 15 is 0 Å². The van der Waals surface area contributed by atoms with E-state index in [9.17, 15) is 9.59 Å². The zero-order valence-corrected chi connectivity index (χ0v) is 11.2. The van der Waals surface area contributed by atoms with Crippen LogP contribution in [-0.2, 0) is 9.59 Å². The number of hydrogen-bond acceptors (Lipinski definition) is 3. The van der Waals surface area contributed by atoms with E-state index in [0.717, 1.165) is 32.4 Å². The first-order valence-electron chi connectivity index (χ1n) is 6.87. The lowest BCUT2D eigenvalue weighted by Crippen LogP contribution is -2.48. The highest BCUT2D eigenvalue weighted by atomic mass is 16.2. The maximum atomic E-state index is 12.4. The molecule has 2 N–H and O–H groups in total. The van der Waals surface area contributed by atoms with Crippen molar-refractivity contribution >= 4 is 11.8 Å². The summed E-state index contributed by atoms with van der Waals surface area (Å²) < 4.78 is 0. The standard InChI is InChI=1S/C13H23N3O2/c1-9-11(5-6-15-9)13(18)16-7-3-4-10(8-16)12(17)14-2/h9-11,15H,3-8H2,1-2H3,(H,14,17). The van der Waals surface area contributed by atoms with Gasteiger partial charge in [-0.1, -0.05) is 0 Å². The Labute approximate surface area is 108 Å². The van der Waals surface area contributed by atoms with Gasteiger partial charge in [-0.05, 0) is 32.7 Å². The van der Waals surface area contributed by atoms with Gasteiger partial charge in [0.25, 0.3) is 0 Å². The Kier molecular flexibility index (Phi) is 4.22. The van der Waals surface area contributed by atoms with E-state index in [-0.39, 0.29) is 29.7 Å². The lowest BCUT2D eigenvalue weighted by atomic mass is 9.94. The third kappa shape index (κ3) is 2.66. The predicted octanol–water partition coefficient (Wildman–Crippen LogP) is -0.0310. The molecule has 5 nitrogen and oxygen atoms in total. The average Bonchev–Trinajstić information content (AvgIpc) is 2.83. The number of hydrogen-bond donors (Lipinski definition) is 2. The predicted molar refractivity (Wildman–Crippen MR) is 68.9 cm³/mol. The van der Waals surface area contributed by atoms with Gasteiger partial charge < -0.3 is 15.5 Å². The van der Waals surface area contributed by atoms with Crippen LogP contribution in [0.1, 0.15) is 26.2 Å². The highest BCUT2D eigenvalue weighted by Crippen LogP contribution is 2.23. The highest BCUT2D eigenvalue weighted by molar-refractivity contribution is 5.82. The fraction of sp³-hybridized carbons (Fsp3) is 0.846. The van der Waals surface area contributed by atoms with Crippen molar-refractivity contribution in [2.75, 3.05) is 26.7 Å². The van der Waals surface area contributed by atoms with E-state index in [1.807, 2.05) is 4.90 Å². The Balaban J connectivity index is 1.96. The molecular weight excluding hydrogens is 230 g/mol. The molecule has 3 atom stereocenters. The Bertz CT molecular complexity index is 332. The number of carbonyl (C=O) groups excluding carboxylic acids is 2. The number of nitrogens with zero attached hydrogens (tertiary/aromatic N) is 1. The second-order valence-corrected chi connectivity index (χ2v) is 5.38. The monoisotopic (exact) mass is 253 g/mol. The van der Waals surface area contributed by atoms with Crippen LogP contribution in [0.3, 0.4) is 0 Å². The molecule has 2 heterocycles. The van der Waals surface area contributed by atoms with E-state index in [1.54, 1.807) is 7.05 Å². The Morgan fingerprint density at radius 2 is 2.11 bits per heavy atom. The van der Waals surface area contributed by atoms with Crippen LogP contribution < -0.4 is 10.6 Å². The minimum atomic E-state index is -0.0302. The molecule has 0 radical (unpaired) electrons. The van der Waals surface area contributed by atoms with Crippen LogP contribution in [-0.4, -0.2) is 49.4 Å². The molecule has 2 aliphatic rings. The van der Waals surface area contributed by atoms with Gasteiger partial charge in [-0.25, -0.2) is 0 Å². The van der Waals surface area contributed by atoms with Crippen LogP contribution in [0.4, 0.5) is 0 Å². The lowest BCUT2D eigenvalue weighted by Gasteiger charge is -2.34. The van der Waals surface area contributed by atoms with E-state index in [0.29, 0.717) is 6.54 Å². The first-order valence-corrected chi connectivity index (χ1v) is 6.87. The SMILES string of the molecule is CNC(=O)C1CCCN(C(=O)C2CCNC2C)C1. The van der Waals surface area contributed by atoms with Gasteiger partial charge in [0, 0.05) is 26.2 Å². The zero-order chi connectivity index (χ0) is 13.1. The zero-order valence-electron chi connectivity index (χ0n) is 11.2. The van der Waals surface area contributed by atoms with E-state index in [1.165, 1.54) is 0 Å². The molecule has 0 aromatic rings. The number of amides is 2. The molecule has 0 bridgehead atoms. The quantitative estimate of drug-likeness (QED) is 0.726. The van der Waals surface area contributed by atoms with Gasteiger partial charge in [-0.3, -0.25) is 9.59 Å². The molecule has 18 heavy (non-hydrogen) atoms. The van der Waals surface area contributed by atoms with Crippen LogP contribution in [0.25, 0.3) is 0 Å². The first-order chi connectivity index (χ1) is 8.63. The number of likely N-dealkylation sites (tertiary alicyclic amines) is 1. The molecular formula is C13H23N3O2. The largest absolute Gasteiger partial charge is 0.359 e. The van der Waals surface area contributed by atoms with E-state index in [4.69, 9.17) is 0 Å². The summed E-state index contributed by atoms with van der Waals surface area (Å²) in [6, 6.07) is 0.262. The molecule has 2 amide bonds. The Hall–Kier alpha value is -1.10. The third-order valence-electron chi connectivity index (χ3n) is 4.19. The van der Waals surface area contributed by atoms with Crippen molar-refractivity contribution in [3.8, 4) is 0 Å². The van der Waals surface area contributed by atoms with Crippen LogP contribution in [0, 0.1) is 11.8 Å².